The maximum atomic E-state index is 12.2. The van der Waals surface area contributed by atoms with Gasteiger partial charge in [-0.25, -0.2) is 0 Å². The van der Waals surface area contributed by atoms with Crippen LogP contribution in [0.15, 0.2) is 42.5 Å². The molecule has 1 N–H and O–H groups in total. The average Bonchev–Trinajstić information content (AvgIpc) is 2.47. The summed E-state index contributed by atoms with van der Waals surface area (Å²) in [5.74, 6) is -0.634. The molecule has 0 saturated heterocycles. The second-order valence-corrected chi connectivity index (χ2v) is 5.17. The number of aliphatic hydroxyl groups is 1. The highest BCUT2D eigenvalue weighted by atomic mass is 16.6. The Morgan fingerprint density at radius 2 is 2.00 bits per heavy atom. The van der Waals surface area contributed by atoms with Gasteiger partial charge in [-0.2, -0.15) is 0 Å². The van der Waals surface area contributed by atoms with Crippen molar-refractivity contribution in [3.05, 3.63) is 59.2 Å². The van der Waals surface area contributed by atoms with E-state index in [0.29, 0.717) is 16.9 Å². The number of carbonyl (C=O) groups excluding carboxylic acids is 1. The molecule has 3 rings (SSSR count). The average molecular weight is 284 g/mol. The minimum atomic E-state index is -1.64. The Kier molecular flexibility index (Phi) is 3.18. The standard InChI is InChI=1S/C17H16O4/c1-11-9-12(7-8-15(11)20-2)17(19)10-14(18)13-5-3-4-6-16(13)21-17/h3-9,19H,10H2,1-2H3/t17-/m1/s1. The van der Waals surface area contributed by atoms with Crippen molar-refractivity contribution in [2.75, 3.05) is 7.11 Å². The number of benzene rings is 2. The van der Waals surface area contributed by atoms with Gasteiger partial charge < -0.3 is 14.6 Å². The predicted octanol–water partition coefficient (Wildman–Crippen LogP) is 2.81. The first-order valence-electron chi connectivity index (χ1n) is 6.72. The number of Topliss-reactive ketones (excluding diaryl/α,β-unsaturated/α-hetero) is 1. The molecule has 0 amide bonds. The van der Waals surface area contributed by atoms with Crippen molar-refractivity contribution in [2.45, 2.75) is 19.1 Å². The zero-order valence-electron chi connectivity index (χ0n) is 11.9. The molecule has 0 spiro atoms. The van der Waals surface area contributed by atoms with Crippen LogP contribution < -0.4 is 9.47 Å². The lowest BCUT2D eigenvalue weighted by Gasteiger charge is -2.33. The summed E-state index contributed by atoms with van der Waals surface area (Å²) in [7, 11) is 1.59. The van der Waals surface area contributed by atoms with Crippen molar-refractivity contribution >= 4 is 5.78 Å². The van der Waals surface area contributed by atoms with Crippen molar-refractivity contribution in [2.24, 2.45) is 0 Å². The molecule has 108 valence electrons. The summed E-state index contributed by atoms with van der Waals surface area (Å²) in [4.78, 5) is 12.2. The third kappa shape index (κ3) is 2.28. The first kappa shape index (κ1) is 13.6. The molecule has 0 saturated carbocycles. The predicted molar refractivity (Wildman–Crippen MR) is 77.6 cm³/mol. The molecule has 21 heavy (non-hydrogen) atoms. The lowest BCUT2D eigenvalue weighted by molar-refractivity contribution is -0.147. The fourth-order valence-corrected chi connectivity index (χ4v) is 2.60. The zero-order chi connectivity index (χ0) is 15.0. The van der Waals surface area contributed by atoms with E-state index >= 15 is 0 Å². The van der Waals surface area contributed by atoms with Gasteiger partial charge in [-0.1, -0.05) is 12.1 Å². The van der Waals surface area contributed by atoms with Crippen LogP contribution in [0.5, 0.6) is 11.5 Å². The molecule has 2 aromatic rings. The van der Waals surface area contributed by atoms with Crippen LogP contribution in [0, 0.1) is 6.92 Å². The van der Waals surface area contributed by atoms with Crippen molar-refractivity contribution in [1.82, 2.24) is 0 Å². The Balaban J connectivity index is 2.03. The van der Waals surface area contributed by atoms with Gasteiger partial charge in [0.2, 0.25) is 5.79 Å². The normalized spacial score (nSPS) is 20.6. The maximum Gasteiger partial charge on any atom is 0.242 e. The van der Waals surface area contributed by atoms with Gasteiger partial charge in [0.25, 0.3) is 0 Å². The molecule has 0 radical (unpaired) electrons. The van der Waals surface area contributed by atoms with Crippen LogP contribution in [0.25, 0.3) is 0 Å². The van der Waals surface area contributed by atoms with Gasteiger partial charge in [-0.15, -0.1) is 0 Å². The monoisotopic (exact) mass is 284 g/mol. The highest BCUT2D eigenvalue weighted by Crippen LogP contribution is 2.38. The molecule has 0 aromatic heterocycles. The molecule has 4 heteroatoms. The molecule has 1 atom stereocenters. The number of hydrogen-bond acceptors (Lipinski definition) is 4. The van der Waals surface area contributed by atoms with Crippen molar-refractivity contribution in [1.29, 1.82) is 0 Å². The fraction of sp³-hybridized carbons (Fsp3) is 0.235. The zero-order valence-corrected chi connectivity index (χ0v) is 11.9. The summed E-state index contributed by atoms with van der Waals surface area (Å²) < 4.78 is 10.9. The van der Waals surface area contributed by atoms with Gasteiger partial charge >= 0.3 is 0 Å². The topological polar surface area (TPSA) is 55.8 Å². The van der Waals surface area contributed by atoms with E-state index in [-0.39, 0.29) is 12.2 Å². The number of carbonyl (C=O) groups is 1. The number of para-hydroxylation sites is 1. The van der Waals surface area contributed by atoms with Crippen LogP contribution >= 0.6 is 0 Å². The van der Waals surface area contributed by atoms with Gasteiger partial charge in [0.1, 0.15) is 11.5 Å². The Morgan fingerprint density at radius 1 is 1.24 bits per heavy atom. The van der Waals surface area contributed by atoms with Crippen molar-refractivity contribution < 1.29 is 19.4 Å². The summed E-state index contributed by atoms with van der Waals surface area (Å²) in [5, 5.41) is 10.8. The van der Waals surface area contributed by atoms with Gasteiger partial charge in [-0.3, -0.25) is 4.79 Å². The van der Waals surface area contributed by atoms with Gasteiger partial charge in [-0.05, 0) is 42.8 Å². The van der Waals surface area contributed by atoms with Crippen molar-refractivity contribution in [3.63, 3.8) is 0 Å². The molecule has 1 aliphatic rings. The van der Waals surface area contributed by atoms with E-state index in [1.54, 1.807) is 49.6 Å². The second-order valence-electron chi connectivity index (χ2n) is 5.17. The van der Waals surface area contributed by atoms with Gasteiger partial charge in [0, 0.05) is 5.56 Å². The number of ether oxygens (including phenoxy) is 2. The van der Waals surface area contributed by atoms with Gasteiger partial charge in [0.15, 0.2) is 5.78 Å². The van der Waals surface area contributed by atoms with Crippen LogP contribution in [-0.2, 0) is 5.79 Å². The Morgan fingerprint density at radius 3 is 2.71 bits per heavy atom. The first-order valence-corrected chi connectivity index (χ1v) is 6.72. The highest BCUT2D eigenvalue weighted by Gasteiger charge is 2.40. The molecule has 0 bridgehead atoms. The maximum absolute atomic E-state index is 12.2. The number of methoxy groups -OCH3 is 1. The van der Waals surface area contributed by atoms with Crippen LogP contribution in [-0.4, -0.2) is 18.0 Å². The smallest absolute Gasteiger partial charge is 0.242 e. The number of rotatable bonds is 2. The Hall–Kier alpha value is -2.33. The lowest BCUT2D eigenvalue weighted by atomic mass is 9.92. The van der Waals surface area contributed by atoms with E-state index < -0.39 is 5.79 Å². The third-order valence-electron chi connectivity index (χ3n) is 3.71. The van der Waals surface area contributed by atoms with Crippen LogP contribution in [0.1, 0.15) is 27.9 Å². The molecule has 4 nitrogen and oxygen atoms in total. The number of hydrogen-bond donors (Lipinski definition) is 1. The van der Waals surface area contributed by atoms with E-state index in [4.69, 9.17) is 9.47 Å². The summed E-state index contributed by atoms with van der Waals surface area (Å²) in [6, 6.07) is 12.2. The van der Waals surface area contributed by atoms with E-state index in [0.717, 1.165) is 11.3 Å². The summed E-state index contributed by atoms with van der Waals surface area (Å²) in [5.41, 5.74) is 1.93. The summed E-state index contributed by atoms with van der Waals surface area (Å²) >= 11 is 0. The fourth-order valence-electron chi connectivity index (χ4n) is 2.60. The molecule has 0 fully saturated rings. The Labute approximate surface area is 122 Å². The van der Waals surface area contributed by atoms with E-state index in [9.17, 15) is 9.90 Å². The minimum absolute atomic E-state index is 0.101. The largest absolute Gasteiger partial charge is 0.496 e. The summed E-state index contributed by atoms with van der Waals surface area (Å²) in [6.07, 6.45) is -0.101. The minimum Gasteiger partial charge on any atom is -0.496 e. The molecular formula is C17H16O4. The van der Waals surface area contributed by atoms with Crippen LogP contribution in [0.2, 0.25) is 0 Å². The van der Waals surface area contributed by atoms with Crippen LogP contribution in [0.4, 0.5) is 0 Å². The molecule has 1 aliphatic heterocycles. The third-order valence-corrected chi connectivity index (χ3v) is 3.71. The highest BCUT2D eigenvalue weighted by molar-refractivity contribution is 6.00. The molecule has 1 heterocycles. The van der Waals surface area contributed by atoms with E-state index in [2.05, 4.69) is 0 Å². The van der Waals surface area contributed by atoms with E-state index in [1.165, 1.54) is 0 Å². The van der Waals surface area contributed by atoms with Crippen LogP contribution in [0.3, 0.4) is 0 Å². The first-order chi connectivity index (χ1) is 10.0. The molecular weight excluding hydrogens is 268 g/mol. The van der Waals surface area contributed by atoms with E-state index in [1.807, 2.05) is 6.92 Å². The SMILES string of the molecule is COc1ccc([C@@]2(O)CC(=O)c3ccccc3O2)cc1C. The molecule has 2 aromatic carbocycles. The number of aryl methyl sites for hydroxylation is 1. The van der Waals surface area contributed by atoms with Crippen molar-refractivity contribution in [3.8, 4) is 11.5 Å². The lowest BCUT2D eigenvalue weighted by Crippen LogP contribution is -2.39. The summed E-state index contributed by atoms with van der Waals surface area (Å²) in [6.45, 7) is 1.88. The molecule has 0 unspecified atom stereocenters. The quantitative estimate of drug-likeness (QED) is 0.921. The second kappa shape index (κ2) is 4.90. The van der Waals surface area contributed by atoms with Gasteiger partial charge in [0.05, 0.1) is 19.1 Å². The Bertz CT molecular complexity index is 708. The number of ketones is 1. The number of fused-ring (bicyclic) bond motifs is 1. The molecule has 0 aliphatic carbocycles.